The van der Waals surface area contributed by atoms with E-state index in [4.69, 9.17) is 0 Å². The van der Waals surface area contributed by atoms with Crippen molar-refractivity contribution in [2.45, 2.75) is 129 Å². The molecule has 0 fully saturated rings. The van der Waals surface area contributed by atoms with Crippen LogP contribution in [0.5, 0.6) is 0 Å². The van der Waals surface area contributed by atoms with E-state index < -0.39 is 0 Å². The zero-order valence-corrected chi connectivity index (χ0v) is 17.7. The maximum atomic E-state index is 2.49. The Morgan fingerprint density at radius 3 is 0.818 bits per heavy atom. The number of alkyl halides is 1. The molecule has 0 aromatic rings. The van der Waals surface area contributed by atoms with Gasteiger partial charge in [0.25, 0.3) is 0 Å². The van der Waals surface area contributed by atoms with E-state index in [-0.39, 0.29) is 0 Å². The van der Waals surface area contributed by atoms with Crippen molar-refractivity contribution in [3.8, 4) is 0 Å². The molecule has 0 nitrogen and oxygen atoms in total. The van der Waals surface area contributed by atoms with Gasteiger partial charge in [-0.05, 0) is 10.8 Å². The molecule has 0 radical (unpaired) electrons. The predicted molar refractivity (Wildman–Crippen MR) is 112 cm³/mol. The summed E-state index contributed by atoms with van der Waals surface area (Å²) in [6, 6.07) is 0. The van der Waals surface area contributed by atoms with Crippen molar-refractivity contribution in [3.05, 3.63) is 0 Å². The Balaban J connectivity index is 2.91. The Bertz CT molecular complexity index is 159. The summed E-state index contributed by atoms with van der Waals surface area (Å²) in [6.45, 7) is 2.30. The molecule has 0 aromatic heterocycles. The van der Waals surface area contributed by atoms with Gasteiger partial charge in [0.1, 0.15) is 0 Å². The fourth-order valence-corrected chi connectivity index (χ4v) is 3.71. The molecule has 0 bridgehead atoms. The van der Waals surface area contributed by atoms with E-state index in [2.05, 4.69) is 29.5 Å². The van der Waals surface area contributed by atoms with Gasteiger partial charge in [-0.3, -0.25) is 0 Å². The molecular weight excluding hydrogens is 379 g/mol. The lowest BCUT2D eigenvalue weighted by Gasteiger charge is -2.03. The summed E-state index contributed by atoms with van der Waals surface area (Å²) in [5.41, 5.74) is 0. The average molecular weight is 422 g/mol. The van der Waals surface area contributed by atoms with Crippen LogP contribution in [0.25, 0.3) is 0 Å². The number of rotatable bonds is 19. The van der Waals surface area contributed by atoms with Gasteiger partial charge in [0.15, 0.2) is 0 Å². The summed E-state index contributed by atoms with van der Waals surface area (Å²) in [4.78, 5) is 0. The van der Waals surface area contributed by atoms with E-state index in [1.54, 1.807) is 0 Å². The Morgan fingerprint density at radius 1 is 0.364 bits per heavy atom. The first-order valence-electron chi connectivity index (χ1n) is 10.5. The molecule has 0 saturated carbocycles. The number of hydrogen-bond acceptors (Lipinski definition) is 0. The highest BCUT2D eigenvalue weighted by Gasteiger charge is 1.94. The van der Waals surface area contributed by atoms with Crippen molar-refractivity contribution >= 4 is 22.6 Å². The van der Waals surface area contributed by atoms with Gasteiger partial charge in [-0.15, -0.1) is 0 Å². The van der Waals surface area contributed by atoms with Crippen molar-refractivity contribution in [2.24, 2.45) is 0 Å². The highest BCUT2D eigenvalue weighted by Crippen LogP contribution is 2.14. The smallest absolute Gasteiger partial charge is 0.000473 e. The van der Waals surface area contributed by atoms with Gasteiger partial charge in [-0.25, -0.2) is 0 Å². The summed E-state index contributed by atoms with van der Waals surface area (Å²) in [6.07, 6.45) is 28.0. The molecule has 0 aliphatic rings. The first-order chi connectivity index (χ1) is 10.9. The van der Waals surface area contributed by atoms with Gasteiger partial charge in [0.2, 0.25) is 0 Å². The number of hydrogen-bond donors (Lipinski definition) is 0. The van der Waals surface area contributed by atoms with Gasteiger partial charge in [0, 0.05) is 0 Å². The van der Waals surface area contributed by atoms with Crippen LogP contribution in [0, 0.1) is 0 Å². The first-order valence-corrected chi connectivity index (χ1v) is 12.0. The molecular formula is C21H43I. The van der Waals surface area contributed by atoms with Gasteiger partial charge in [-0.2, -0.15) is 0 Å². The summed E-state index contributed by atoms with van der Waals surface area (Å²) in [5.74, 6) is 0. The molecule has 0 unspecified atom stereocenters. The Hall–Kier alpha value is 0.730. The molecule has 0 saturated heterocycles. The molecule has 22 heavy (non-hydrogen) atoms. The van der Waals surface area contributed by atoms with Gasteiger partial charge < -0.3 is 0 Å². The fourth-order valence-electron chi connectivity index (χ4n) is 3.17. The third kappa shape index (κ3) is 20.7. The normalized spacial score (nSPS) is 11.2. The van der Waals surface area contributed by atoms with E-state index in [9.17, 15) is 0 Å². The van der Waals surface area contributed by atoms with Crippen LogP contribution in [-0.4, -0.2) is 4.43 Å². The molecule has 0 spiro atoms. The van der Waals surface area contributed by atoms with Crippen molar-refractivity contribution in [1.82, 2.24) is 0 Å². The third-order valence-electron chi connectivity index (χ3n) is 4.74. The van der Waals surface area contributed by atoms with Gasteiger partial charge >= 0.3 is 0 Å². The SMILES string of the molecule is CCCCCCCCCCCCCCCCCCCCCI. The number of halogens is 1. The summed E-state index contributed by atoms with van der Waals surface area (Å²) in [5, 5.41) is 0. The third-order valence-corrected chi connectivity index (χ3v) is 5.50. The average Bonchev–Trinajstić information content (AvgIpc) is 2.54. The minimum atomic E-state index is 1.34. The van der Waals surface area contributed by atoms with Crippen LogP contribution in [-0.2, 0) is 0 Å². The van der Waals surface area contributed by atoms with Crippen molar-refractivity contribution in [1.29, 1.82) is 0 Å². The zero-order valence-electron chi connectivity index (χ0n) is 15.5. The van der Waals surface area contributed by atoms with E-state index in [1.165, 1.54) is 126 Å². The topological polar surface area (TPSA) is 0 Å². The predicted octanol–water partition coefficient (Wildman–Crippen LogP) is 8.85. The fraction of sp³-hybridized carbons (Fsp3) is 1.00. The van der Waals surface area contributed by atoms with Crippen LogP contribution in [0.2, 0.25) is 0 Å². The lowest BCUT2D eigenvalue weighted by atomic mass is 10.0. The zero-order chi connectivity index (χ0) is 16.1. The lowest BCUT2D eigenvalue weighted by molar-refractivity contribution is 0.525. The Labute approximate surface area is 155 Å². The van der Waals surface area contributed by atoms with E-state index in [1.807, 2.05) is 0 Å². The summed E-state index contributed by atoms with van der Waals surface area (Å²) in [7, 11) is 0. The molecule has 0 rings (SSSR count). The largest absolute Gasteiger partial charge is 0.0864 e. The Morgan fingerprint density at radius 2 is 0.591 bits per heavy atom. The van der Waals surface area contributed by atoms with Crippen LogP contribution in [0.1, 0.15) is 129 Å². The number of unbranched alkanes of at least 4 members (excludes halogenated alkanes) is 18. The maximum absolute atomic E-state index is 2.49. The summed E-state index contributed by atoms with van der Waals surface area (Å²) >= 11 is 2.49. The second-order valence-electron chi connectivity index (χ2n) is 7.05. The minimum Gasteiger partial charge on any atom is -0.0864 e. The van der Waals surface area contributed by atoms with Gasteiger partial charge in [-0.1, -0.05) is 145 Å². The van der Waals surface area contributed by atoms with E-state index in [0.29, 0.717) is 0 Å². The van der Waals surface area contributed by atoms with E-state index >= 15 is 0 Å². The van der Waals surface area contributed by atoms with Crippen LogP contribution < -0.4 is 0 Å². The van der Waals surface area contributed by atoms with Crippen LogP contribution in [0.15, 0.2) is 0 Å². The standard InChI is InChI=1S/C21H43I/c1-2-3-4-5-6-7-8-9-10-11-12-13-14-15-16-17-18-19-20-21-22/h2-21H2,1H3. The Kier molecular flexibility index (Phi) is 22.5. The quantitative estimate of drug-likeness (QED) is 0.111. The second kappa shape index (κ2) is 21.7. The highest BCUT2D eigenvalue weighted by atomic mass is 127. The van der Waals surface area contributed by atoms with Crippen LogP contribution in [0.4, 0.5) is 0 Å². The molecule has 0 atom stereocenters. The van der Waals surface area contributed by atoms with Crippen LogP contribution in [0.3, 0.4) is 0 Å². The summed E-state index contributed by atoms with van der Waals surface area (Å²) < 4.78 is 1.34. The van der Waals surface area contributed by atoms with Crippen LogP contribution >= 0.6 is 22.6 Å². The lowest BCUT2D eigenvalue weighted by Crippen LogP contribution is -1.84. The molecule has 0 aliphatic carbocycles. The second-order valence-corrected chi connectivity index (χ2v) is 8.13. The molecule has 0 N–H and O–H groups in total. The van der Waals surface area contributed by atoms with Crippen molar-refractivity contribution < 1.29 is 0 Å². The maximum Gasteiger partial charge on any atom is -0.000473 e. The molecule has 0 amide bonds. The molecule has 0 aromatic carbocycles. The van der Waals surface area contributed by atoms with Gasteiger partial charge in [0.05, 0.1) is 0 Å². The van der Waals surface area contributed by atoms with E-state index in [0.717, 1.165) is 0 Å². The van der Waals surface area contributed by atoms with Crippen molar-refractivity contribution in [3.63, 3.8) is 0 Å². The highest BCUT2D eigenvalue weighted by molar-refractivity contribution is 14.1. The monoisotopic (exact) mass is 422 g/mol. The first kappa shape index (κ1) is 22.7. The van der Waals surface area contributed by atoms with Crippen molar-refractivity contribution in [2.75, 3.05) is 4.43 Å². The minimum absolute atomic E-state index is 1.34. The molecule has 134 valence electrons. The molecule has 1 heteroatoms. The molecule has 0 heterocycles. The molecule has 0 aliphatic heterocycles.